The van der Waals surface area contributed by atoms with Crippen LogP contribution in [-0.4, -0.2) is 25.3 Å². The van der Waals surface area contributed by atoms with Crippen LogP contribution < -0.4 is 10.6 Å². The van der Waals surface area contributed by atoms with Crippen LogP contribution in [0.2, 0.25) is 0 Å². The van der Waals surface area contributed by atoms with Gasteiger partial charge in [0.25, 0.3) is 12.3 Å². The van der Waals surface area contributed by atoms with E-state index in [1.807, 2.05) is 0 Å². The Balaban J connectivity index is 2.10. The zero-order valence-corrected chi connectivity index (χ0v) is 11.8. The maximum Gasteiger partial charge on any atom is 0.252 e. The van der Waals surface area contributed by atoms with Crippen molar-refractivity contribution in [1.82, 2.24) is 5.32 Å². The molecule has 0 saturated heterocycles. The number of alkyl halides is 2. The number of nitrogens with one attached hydrogen (secondary N) is 2. The van der Waals surface area contributed by atoms with E-state index in [9.17, 15) is 18.4 Å². The molecule has 0 heterocycles. The van der Waals surface area contributed by atoms with E-state index in [0.29, 0.717) is 24.1 Å². The van der Waals surface area contributed by atoms with Crippen LogP contribution in [0, 0.1) is 5.41 Å². The summed E-state index contributed by atoms with van der Waals surface area (Å²) >= 11 is 0. The third-order valence-electron chi connectivity index (χ3n) is 4.00. The average molecular weight is 296 g/mol. The molecule has 0 aliphatic heterocycles. The number of halogens is 2. The number of amides is 2. The minimum atomic E-state index is -2.66. The molecule has 0 radical (unpaired) electrons. The first kappa shape index (κ1) is 15.4. The smallest absolute Gasteiger partial charge is 0.252 e. The second kappa shape index (κ2) is 6.20. The molecular formula is C15H18F2N2O2. The number of carbonyl (C=O) groups excluding carboxylic acids is 2. The maximum absolute atomic E-state index is 13.3. The summed E-state index contributed by atoms with van der Waals surface area (Å²) in [7, 11) is 1.52. The molecule has 2 rings (SSSR count). The second-order valence-corrected chi connectivity index (χ2v) is 5.27. The first-order chi connectivity index (χ1) is 9.99. The predicted octanol–water partition coefficient (Wildman–Crippen LogP) is 2.81. The summed E-state index contributed by atoms with van der Waals surface area (Å²) in [5.74, 6) is -0.879. The number of carbonyl (C=O) groups is 2. The van der Waals surface area contributed by atoms with E-state index in [1.54, 1.807) is 0 Å². The lowest BCUT2D eigenvalue weighted by atomic mass is 9.85. The van der Waals surface area contributed by atoms with Crippen LogP contribution >= 0.6 is 0 Å². The fourth-order valence-corrected chi connectivity index (χ4v) is 2.66. The maximum atomic E-state index is 13.3. The zero-order valence-electron chi connectivity index (χ0n) is 11.8. The van der Waals surface area contributed by atoms with Gasteiger partial charge in [-0.15, -0.1) is 0 Å². The summed E-state index contributed by atoms with van der Waals surface area (Å²) < 4.78 is 26.5. The Morgan fingerprint density at radius 1 is 1.14 bits per heavy atom. The van der Waals surface area contributed by atoms with Gasteiger partial charge in [0, 0.05) is 18.3 Å². The van der Waals surface area contributed by atoms with E-state index < -0.39 is 17.7 Å². The largest absolute Gasteiger partial charge is 0.355 e. The molecule has 1 aromatic carbocycles. The van der Waals surface area contributed by atoms with Gasteiger partial charge in [-0.05, 0) is 37.1 Å². The highest BCUT2D eigenvalue weighted by molar-refractivity contribution is 5.97. The second-order valence-electron chi connectivity index (χ2n) is 5.27. The molecule has 1 fully saturated rings. The van der Waals surface area contributed by atoms with Gasteiger partial charge in [0.05, 0.1) is 0 Å². The summed E-state index contributed by atoms with van der Waals surface area (Å²) in [5, 5.41) is 5.02. The van der Waals surface area contributed by atoms with E-state index >= 15 is 0 Å². The highest BCUT2D eigenvalue weighted by Gasteiger charge is 2.49. The van der Waals surface area contributed by atoms with Gasteiger partial charge in [-0.25, -0.2) is 8.78 Å². The minimum Gasteiger partial charge on any atom is -0.355 e. The van der Waals surface area contributed by atoms with Crippen molar-refractivity contribution in [2.75, 3.05) is 12.4 Å². The molecule has 6 heteroatoms. The minimum absolute atomic E-state index is 0.215. The average Bonchev–Trinajstić information content (AvgIpc) is 2.98. The number of anilines is 1. The first-order valence-electron chi connectivity index (χ1n) is 6.91. The molecule has 1 aliphatic rings. The van der Waals surface area contributed by atoms with Crippen LogP contribution in [0.4, 0.5) is 14.5 Å². The Morgan fingerprint density at radius 3 is 2.19 bits per heavy atom. The van der Waals surface area contributed by atoms with Crippen molar-refractivity contribution >= 4 is 17.5 Å². The van der Waals surface area contributed by atoms with Gasteiger partial charge in [-0.3, -0.25) is 9.59 Å². The molecule has 114 valence electrons. The highest BCUT2D eigenvalue weighted by atomic mass is 19.3. The lowest BCUT2D eigenvalue weighted by molar-refractivity contribution is -0.134. The van der Waals surface area contributed by atoms with E-state index in [2.05, 4.69) is 10.6 Å². The molecule has 1 saturated carbocycles. The molecule has 4 nitrogen and oxygen atoms in total. The molecule has 0 aromatic heterocycles. The molecule has 2 amide bonds. The van der Waals surface area contributed by atoms with E-state index in [-0.39, 0.29) is 18.7 Å². The Morgan fingerprint density at radius 2 is 1.71 bits per heavy atom. The van der Waals surface area contributed by atoms with Crippen molar-refractivity contribution in [2.24, 2.45) is 5.41 Å². The molecule has 0 atom stereocenters. The number of rotatable bonds is 4. The number of hydrogen-bond acceptors (Lipinski definition) is 2. The van der Waals surface area contributed by atoms with Gasteiger partial charge in [-0.1, -0.05) is 12.8 Å². The molecule has 1 aliphatic carbocycles. The van der Waals surface area contributed by atoms with Gasteiger partial charge in [0.15, 0.2) is 0 Å². The molecule has 0 spiro atoms. The third-order valence-corrected chi connectivity index (χ3v) is 4.00. The topological polar surface area (TPSA) is 58.2 Å². The summed E-state index contributed by atoms with van der Waals surface area (Å²) in [6, 6.07) is 6.16. The van der Waals surface area contributed by atoms with Crippen molar-refractivity contribution in [3.05, 3.63) is 29.8 Å². The third kappa shape index (κ3) is 3.04. The van der Waals surface area contributed by atoms with Crippen molar-refractivity contribution in [3.8, 4) is 0 Å². The molecule has 21 heavy (non-hydrogen) atoms. The van der Waals surface area contributed by atoms with Gasteiger partial charge in [-0.2, -0.15) is 0 Å². The Bertz CT molecular complexity index is 523. The van der Waals surface area contributed by atoms with Crippen LogP contribution in [0.25, 0.3) is 0 Å². The van der Waals surface area contributed by atoms with Crippen LogP contribution in [-0.2, 0) is 4.79 Å². The first-order valence-corrected chi connectivity index (χ1v) is 6.91. The van der Waals surface area contributed by atoms with Crippen molar-refractivity contribution in [3.63, 3.8) is 0 Å². The Kier molecular flexibility index (Phi) is 4.55. The molecule has 0 unspecified atom stereocenters. The van der Waals surface area contributed by atoms with Gasteiger partial charge in [0.1, 0.15) is 5.41 Å². The number of benzene rings is 1. The van der Waals surface area contributed by atoms with Crippen molar-refractivity contribution in [1.29, 1.82) is 0 Å². The van der Waals surface area contributed by atoms with Crippen molar-refractivity contribution < 1.29 is 18.4 Å². The normalized spacial score (nSPS) is 16.8. The van der Waals surface area contributed by atoms with Crippen LogP contribution in [0.3, 0.4) is 0 Å². The Labute approximate surface area is 121 Å². The lowest BCUT2D eigenvalue weighted by Gasteiger charge is -2.26. The van der Waals surface area contributed by atoms with Gasteiger partial charge < -0.3 is 10.6 Å². The van der Waals surface area contributed by atoms with Gasteiger partial charge in [0.2, 0.25) is 5.91 Å². The monoisotopic (exact) mass is 296 g/mol. The Hall–Kier alpha value is -1.98. The SMILES string of the molecule is CNC(=O)c1ccc(NC(=O)C2(C(F)F)CCCC2)cc1. The van der Waals surface area contributed by atoms with E-state index in [4.69, 9.17) is 0 Å². The lowest BCUT2D eigenvalue weighted by Crippen LogP contribution is -2.40. The predicted molar refractivity (Wildman–Crippen MR) is 75.4 cm³/mol. The van der Waals surface area contributed by atoms with E-state index in [1.165, 1.54) is 31.3 Å². The van der Waals surface area contributed by atoms with Crippen molar-refractivity contribution in [2.45, 2.75) is 32.1 Å². The zero-order chi connectivity index (χ0) is 15.5. The molecule has 1 aromatic rings. The standard InChI is InChI=1S/C15H18F2N2O2/c1-18-12(20)10-4-6-11(7-5-10)19-14(21)15(13(16)17)8-2-3-9-15/h4-7,13H,2-3,8-9H2,1H3,(H,18,20)(H,19,21). The summed E-state index contributed by atoms with van der Waals surface area (Å²) in [6.45, 7) is 0. The summed E-state index contributed by atoms with van der Waals surface area (Å²) in [6.07, 6.45) is -0.939. The summed E-state index contributed by atoms with van der Waals surface area (Å²) in [4.78, 5) is 23.6. The molecule has 0 bridgehead atoms. The fraction of sp³-hybridized carbons (Fsp3) is 0.467. The van der Waals surface area contributed by atoms with Gasteiger partial charge >= 0.3 is 0 Å². The van der Waals surface area contributed by atoms with Crippen LogP contribution in [0.5, 0.6) is 0 Å². The molecule has 2 N–H and O–H groups in total. The van der Waals surface area contributed by atoms with E-state index in [0.717, 1.165) is 0 Å². The van der Waals surface area contributed by atoms with Crippen LogP contribution in [0.15, 0.2) is 24.3 Å². The molecular weight excluding hydrogens is 278 g/mol. The fourth-order valence-electron chi connectivity index (χ4n) is 2.66. The quantitative estimate of drug-likeness (QED) is 0.897. The van der Waals surface area contributed by atoms with Crippen LogP contribution in [0.1, 0.15) is 36.0 Å². The number of hydrogen-bond donors (Lipinski definition) is 2. The summed E-state index contributed by atoms with van der Waals surface area (Å²) in [5.41, 5.74) is -0.709. The highest BCUT2D eigenvalue weighted by Crippen LogP contribution is 2.44.